The van der Waals surface area contributed by atoms with Gasteiger partial charge < -0.3 is 10.3 Å². The molecular weight excluding hydrogens is 229 g/mol. The molecule has 2 N–H and O–H groups in total. The minimum absolute atomic E-state index is 0.328. The molecule has 0 aliphatic rings. The van der Waals surface area contributed by atoms with Gasteiger partial charge in [0, 0.05) is 30.2 Å². The first-order chi connectivity index (χ1) is 7.97. The summed E-state index contributed by atoms with van der Waals surface area (Å²) in [6, 6.07) is 3.77. The lowest BCUT2D eigenvalue weighted by Crippen LogP contribution is -2.05. The van der Waals surface area contributed by atoms with Crippen molar-refractivity contribution in [2.45, 2.75) is 26.2 Å². The Kier molecular flexibility index (Phi) is 2.87. The monoisotopic (exact) mass is 242 g/mol. The van der Waals surface area contributed by atoms with Crippen molar-refractivity contribution in [3.05, 3.63) is 35.5 Å². The van der Waals surface area contributed by atoms with Gasteiger partial charge in [0.25, 0.3) is 0 Å². The molecule has 2 rings (SSSR count). The topological polar surface area (TPSA) is 30.9 Å². The van der Waals surface area contributed by atoms with Gasteiger partial charge in [0.1, 0.15) is 0 Å². The maximum atomic E-state index is 12.6. The minimum Gasteiger partial charge on any atom is -0.347 e. The van der Waals surface area contributed by atoms with Gasteiger partial charge in [-0.05, 0) is 24.6 Å². The first-order valence-electron chi connectivity index (χ1n) is 5.36. The number of hydrogen-bond acceptors (Lipinski definition) is 1. The van der Waals surface area contributed by atoms with Crippen LogP contribution in [0, 0.1) is 0 Å². The molecule has 1 heterocycles. The van der Waals surface area contributed by atoms with E-state index in [0.29, 0.717) is 18.6 Å². The normalized spacial score (nSPS) is 12.3. The van der Waals surface area contributed by atoms with Crippen molar-refractivity contribution in [2.75, 3.05) is 0 Å². The van der Waals surface area contributed by atoms with Crippen molar-refractivity contribution in [3.63, 3.8) is 0 Å². The van der Waals surface area contributed by atoms with Gasteiger partial charge in [-0.15, -0.1) is 0 Å². The molecule has 0 amide bonds. The standard InChI is InChI=1S/C12H13F3N2/c1-2-17-7-8(6-16)10-4-3-9(5-11(10)17)12(13,14)15/h3-5,7H,2,6,16H2,1H3. The Hall–Kier alpha value is -1.49. The van der Waals surface area contributed by atoms with Crippen molar-refractivity contribution in [3.8, 4) is 0 Å². The number of nitrogens with two attached hydrogens (primary N) is 1. The fourth-order valence-corrected chi connectivity index (χ4v) is 1.97. The third kappa shape index (κ3) is 2.02. The number of benzene rings is 1. The van der Waals surface area contributed by atoms with Gasteiger partial charge in [-0.2, -0.15) is 13.2 Å². The average Bonchev–Trinajstić information content (AvgIpc) is 2.64. The predicted octanol–water partition coefficient (Wildman–Crippen LogP) is 3.14. The van der Waals surface area contributed by atoms with Crippen LogP contribution in [0.1, 0.15) is 18.1 Å². The molecule has 1 aromatic carbocycles. The third-order valence-electron chi connectivity index (χ3n) is 2.85. The number of fused-ring (bicyclic) bond motifs is 1. The van der Waals surface area contributed by atoms with Crippen LogP contribution < -0.4 is 5.73 Å². The van der Waals surface area contributed by atoms with E-state index in [0.717, 1.165) is 17.0 Å². The van der Waals surface area contributed by atoms with Crippen LogP contribution in [0.2, 0.25) is 0 Å². The fraction of sp³-hybridized carbons (Fsp3) is 0.333. The summed E-state index contributed by atoms with van der Waals surface area (Å²) in [5.41, 5.74) is 6.41. The van der Waals surface area contributed by atoms with Gasteiger partial charge in [-0.3, -0.25) is 0 Å². The lowest BCUT2D eigenvalue weighted by atomic mass is 10.1. The van der Waals surface area contributed by atoms with Crippen LogP contribution in [0.25, 0.3) is 10.9 Å². The molecule has 0 unspecified atom stereocenters. The summed E-state index contributed by atoms with van der Waals surface area (Å²) in [5, 5.41) is 0.794. The van der Waals surface area contributed by atoms with Crippen LogP contribution in [-0.2, 0) is 19.3 Å². The molecule has 0 saturated carbocycles. The number of rotatable bonds is 2. The van der Waals surface area contributed by atoms with E-state index in [-0.39, 0.29) is 0 Å². The third-order valence-corrected chi connectivity index (χ3v) is 2.85. The van der Waals surface area contributed by atoms with E-state index in [1.165, 1.54) is 12.1 Å². The first kappa shape index (κ1) is 12.0. The number of halogens is 3. The second kappa shape index (κ2) is 4.07. The molecule has 2 aromatic rings. The van der Waals surface area contributed by atoms with Crippen LogP contribution in [0.15, 0.2) is 24.4 Å². The molecule has 0 fully saturated rings. The highest BCUT2D eigenvalue weighted by atomic mass is 19.4. The molecule has 92 valence electrons. The average molecular weight is 242 g/mol. The van der Waals surface area contributed by atoms with E-state index in [2.05, 4.69) is 0 Å². The van der Waals surface area contributed by atoms with Crippen molar-refractivity contribution in [2.24, 2.45) is 5.73 Å². The SMILES string of the molecule is CCn1cc(CN)c2ccc(C(F)(F)F)cc21. The molecule has 0 radical (unpaired) electrons. The zero-order valence-electron chi connectivity index (χ0n) is 9.38. The first-order valence-corrected chi connectivity index (χ1v) is 5.36. The summed E-state index contributed by atoms with van der Waals surface area (Å²) in [7, 11) is 0. The molecule has 0 saturated heterocycles. The molecule has 0 atom stereocenters. The van der Waals surface area contributed by atoms with Crippen molar-refractivity contribution in [1.82, 2.24) is 4.57 Å². The van der Waals surface area contributed by atoms with Gasteiger partial charge in [0.05, 0.1) is 5.56 Å². The summed E-state index contributed by atoms with van der Waals surface area (Å²) < 4.78 is 39.6. The van der Waals surface area contributed by atoms with Crippen LogP contribution in [-0.4, -0.2) is 4.57 Å². The van der Waals surface area contributed by atoms with Crippen molar-refractivity contribution < 1.29 is 13.2 Å². The van der Waals surface area contributed by atoms with E-state index in [9.17, 15) is 13.2 Å². The van der Waals surface area contributed by atoms with Crippen LogP contribution in [0.3, 0.4) is 0 Å². The quantitative estimate of drug-likeness (QED) is 0.861. The lowest BCUT2D eigenvalue weighted by molar-refractivity contribution is -0.137. The molecule has 0 aliphatic carbocycles. The largest absolute Gasteiger partial charge is 0.416 e. The van der Waals surface area contributed by atoms with Crippen molar-refractivity contribution in [1.29, 1.82) is 0 Å². The second-order valence-electron chi connectivity index (χ2n) is 3.87. The summed E-state index contributed by atoms with van der Waals surface area (Å²) in [6.07, 6.45) is -2.50. The highest BCUT2D eigenvalue weighted by molar-refractivity contribution is 5.84. The van der Waals surface area contributed by atoms with E-state index in [1.807, 2.05) is 13.1 Å². The van der Waals surface area contributed by atoms with Gasteiger partial charge in [-0.25, -0.2) is 0 Å². The predicted molar refractivity (Wildman–Crippen MR) is 60.5 cm³/mol. The van der Waals surface area contributed by atoms with Crippen LogP contribution in [0.5, 0.6) is 0 Å². The minimum atomic E-state index is -4.31. The summed E-state index contributed by atoms with van der Waals surface area (Å²) in [5.74, 6) is 0. The van der Waals surface area contributed by atoms with Crippen LogP contribution in [0.4, 0.5) is 13.2 Å². The van der Waals surface area contributed by atoms with Gasteiger partial charge in [0.15, 0.2) is 0 Å². The molecule has 2 nitrogen and oxygen atoms in total. The van der Waals surface area contributed by atoms with Gasteiger partial charge in [-0.1, -0.05) is 6.07 Å². The number of nitrogens with zero attached hydrogens (tertiary/aromatic N) is 1. The Labute approximate surface area is 96.8 Å². The molecule has 17 heavy (non-hydrogen) atoms. The summed E-state index contributed by atoms with van der Waals surface area (Å²) >= 11 is 0. The lowest BCUT2D eigenvalue weighted by Gasteiger charge is -2.07. The van der Waals surface area contributed by atoms with Crippen molar-refractivity contribution >= 4 is 10.9 Å². The fourth-order valence-electron chi connectivity index (χ4n) is 1.97. The Morgan fingerprint density at radius 3 is 2.53 bits per heavy atom. The van der Waals surface area contributed by atoms with E-state index in [1.54, 1.807) is 4.57 Å². The van der Waals surface area contributed by atoms with E-state index >= 15 is 0 Å². The maximum Gasteiger partial charge on any atom is 0.416 e. The Bertz CT molecular complexity index is 540. The molecule has 0 spiro atoms. The van der Waals surface area contributed by atoms with Gasteiger partial charge in [0.2, 0.25) is 0 Å². The molecular formula is C12H13F3N2. The highest BCUT2D eigenvalue weighted by Gasteiger charge is 2.30. The molecule has 0 aliphatic heterocycles. The highest BCUT2D eigenvalue weighted by Crippen LogP contribution is 2.32. The molecule has 5 heteroatoms. The Morgan fingerprint density at radius 1 is 1.29 bits per heavy atom. The van der Waals surface area contributed by atoms with Gasteiger partial charge >= 0.3 is 6.18 Å². The number of alkyl halides is 3. The second-order valence-corrected chi connectivity index (χ2v) is 3.87. The number of hydrogen-bond donors (Lipinski definition) is 1. The molecule has 0 bridgehead atoms. The zero-order valence-corrected chi connectivity index (χ0v) is 9.38. The summed E-state index contributed by atoms with van der Waals surface area (Å²) in [4.78, 5) is 0. The number of aromatic nitrogens is 1. The maximum absolute atomic E-state index is 12.6. The Morgan fingerprint density at radius 2 is 2.00 bits per heavy atom. The summed E-state index contributed by atoms with van der Waals surface area (Å²) in [6.45, 7) is 2.84. The van der Waals surface area contributed by atoms with Crippen LogP contribution >= 0.6 is 0 Å². The van der Waals surface area contributed by atoms with E-state index < -0.39 is 11.7 Å². The number of aryl methyl sites for hydroxylation is 1. The smallest absolute Gasteiger partial charge is 0.347 e. The van der Waals surface area contributed by atoms with E-state index in [4.69, 9.17) is 5.73 Å². The molecule has 1 aromatic heterocycles. The zero-order chi connectivity index (χ0) is 12.6. The Balaban J connectivity index is 2.68.